The molecule has 0 aliphatic carbocycles. The van der Waals surface area contributed by atoms with Crippen molar-refractivity contribution in [1.82, 2.24) is 10.3 Å². The molecule has 1 heterocycles. The Morgan fingerprint density at radius 1 is 1.17 bits per heavy atom. The lowest BCUT2D eigenvalue weighted by molar-refractivity contribution is 0.0948. The van der Waals surface area contributed by atoms with Crippen LogP contribution >= 0.6 is 0 Å². The minimum Gasteiger partial charge on any atom is -0.494 e. The Labute approximate surface area is 176 Å². The molecule has 1 amide bonds. The van der Waals surface area contributed by atoms with Gasteiger partial charge in [-0.05, 0) is 54.8 Å². The number of nitrogens with one attached hydrogen (secondary N) is 2. The van der Waals surface area contributed by atoms with E-state index in [1.54, 1.807) is 43.5 Å². The molecule has 0 saturated carbocycles. The molecule has 0 saturated heterocycles. The van der Waals surface area contributed by atoms with E-state index in [4.69, 9.17) is 4.74 Å². The maximum absolute atomic E-state index is 13.1. The molecule has 0 fully saturated rings. The Balaban J connectivity index is 1.96. The van der Waals surface area contributed by atoms with E-state index in [9.17, 15) is 13.2 Å². The Morgan fingerprint density at radius 2 is 1.93 bits per heavy atom. The molecule has 3 aromatic rings. The molecular weight excluding hydrogens is 402 g/mol. The highest BCUT2D eigenvalue weighted by Gasteiger charge is 2.20. The van der Waals surface area contributed by atoms with Gasteiger partial charge in [-0.1, -0.05) is 19.9 Å². The van der Waals surface area contributed by atoms with E-state index in [1.807, 2.05) is 13.8 Å². The number of ether oxygens (including phenoxy) is 1. The van der Waals surface area contributed by atoms with Crippen LogP contribution in [0.5, 0.6) is 5.75 Å². The summed E-state index contributed by atoms with van der Waals surface area (Å²) in [5.74, 6) is 0.546. The lowest BCUT2D eigenvalue weighted by Crippen LogP contribution is -2.28. The van der Waals surface area contributed by atoms with Crippen molar-refractivity contribution in [2.24, 2.45) is 5.92 Å². The van der Waals surface area contributed by atoms with Crippen LogP contribution in [-0.2, 0) is 10.0 Å². The van der Waals surface area contributed by atoms with Gasteiger partial charge in [0.1, 0.15) is 11.3 Å². The van der Waals surface area contributed by atoms with E-state index in [-0.39, 0.29) is 10.8 Å². The molecule has 2 N–H and O–H groups in total. The molecule has 0 atom stereocenters. The number of pyridine rings is 1. The SMILES string of the molecule is COc1ccc(NS(=O)(=O)c2ccc(C)c(C(=O)NCC(C)C)c2)c2cccnc12. The standard InChI is InChI=1S/C22H25N3O4S/c1-14(2)13-24-22(26)18-12-16(8-7-15(18)3)30(27,28)25-19-9-10-20(29-4)21-17(19)6-5-11-23-21/h5-12,14,25H,13H2,1-4H3,(H,24,26). The van der Waals surface area contributed by atoms with Crippen molar-refractivity contribution in [2.75, 3.05) is 18.4 Å². The van der Waals surface area contributed by atoms with Gasteiger partial charge in [0.25, 0.3) is 15.9 Å². The van der Waals surface area contributed by atoms with Crippen molar-refractivity contribution in [3.05, 3.63) is 59.8 Å². The Morgan fingerprint density at radius 3 is 2.63 bits per heavy atom. The van der Waals surface area contributed by atoms with Crippen LogP contribution in [0.4, 0.5) is 5.69 Å². The summed E-state index contributed by atoms with van der Waals surface area (Å²) in [7, 11) is -2.39. The van der Waals surface area contributed by atoms with Crippen LogP contribution in [0.15, 0.2) is 53.6 Å². The fraction of sp³-hybridized carbons (Fsp3) is 0.273. The maximum Gasteiger partial charge on any atom is 0.261 e. The van der Waals surface area contributed by atoms with E-state index in [1.165, 1.54) is 19.2 Å². The van der Waals surface area contributed by atoms with Crippen LogP contribution in [-0.4, -0.2) is 33.0 Å². The maximum atomic E-state index is 13.1. The minimum atomic E-state index is -3.93. The first-order chi connectivity index (χ1) is 14.2. The van der Waals surface area contributed by atoms with Gasteiger partial charge in [0.15, 0.2) is 0 Å². The molecule has 30 heavy (non-hydrogen) atoms. The van der Waals surface area contributed by atoms with Crippen LogP contribution in [0.25, 0.3) is 10.9 Å². The highest BCUT2D eigenvalue weighted by atomic mass is 32.2. The number of aryl methyl sites for hydroxylation is 1. The zero-order valence-corrected chi connectivity index (χ0v) is 18.2. The van der Waals surface area contributed by atoms with Crippen molar-refractivity contribution in [2.45, 2.75) is 25.7 Å². The number of nitrogens with zero attached hydrogens (tertiary/aromatic N) is 1. The number of hydrogen-bond donors (Lipinski definition) is 2. The van der Waals surface area contributed by atoms with Crippen LogP contribution < -0.4 is 14.8 Å². The highest BCUT2D eigenvalue weighted by molar-refractivity contribution is 7.92. The summed E-state index contributed by atoms with van der Waals surface area (Å²) < 4.78 is 34.0. The van der Waals surface area contributed by atoms with Crippen molar-refractivity contribution >= 4 is 32.5 Å². The summed E-state index contributed by atoms with van der Waals surface area (Å²) in [6.45, 7) is 6.27. The molecule has 0 radical (unpaired) electrons. The van der Waals surface area contributed by atoms with Crippen molar-refractivity contribution in [3.63, 3.8) is 0 Å². The van der Waals surface area contributed by atoms with E-state index >= 15 is 0 Å². The number of benzene rings is 2. The molecule has 3 rings (SSSR count). The number of rotatable bonds is 7. The average Bonchev–Trinajstić information content (AvgIpc) is 2.72. The number of carbonyl (C=O) groups excluding carboxylic acids is 1. The first-order valence-corrected chi connectivity index (χ1v) is 11.0. The van der Waals surface area contributed by atoms with Crippen LogP contribution in [0, 0.1) is 12.8 Å². The smallest absolute Gasteiger partial charge is 0.261 e. The normalized spacial score (nSPS) is 11.5. The largest absolute Gasteiger partial charge is 0.494 e. The molecule has 8 heteroatoms. The third-order valence-corrected chi connectivity index (χ3v) is 5.99. The number of methoxy groups -OCH3 is 1. The summed E-state index contributed by atoms with van der Waals surface area (Å²) in [4.78, 5) is 16.8. The quantitative estimate of drug-likeness (QED) is 0.599. The molecule has 1 aromatic heterocycles. The van der Waals surface area contributed by atoms with Crippen LogP contribution in [0.3, 0.4) is 0 Å². The lowest BCUT2D eigenvalue weighted by atomic mass is 10.1. The summed E-state index contributed by atoms with van der Waals surface area (Å²) in [5, 5.41) is 3.44. The van der Waals surface area contributed by atoms with Gasteiger partial charge in [0, 0.05) is 23.7 Å². The predicted molar refractivity (Wildman–Crippen MR) is 117 cm³/mol. The van der Waals surface area contributed by atoms with Crippen LogP contribution in [0.1, 0.15) is 29.8 Å². The van der Waals surface area contributed by atoms with Gasteiger partial charge < -0.3 is 10.1 Å². The zero-order valence-electron chi connectivity index (χ0n) is 17.4. The monoisotopic (exact) mass is 427 g/mol. The number of sulfonamides is 1. The first-order valence-electron chi connectivity index (χ1n) is 9.56. The number of amides is 1. The summed E-state index contributed by atoms with van der Waals surface area (Å²) in [6.07, 6.45) is 1.62. The van der Waals surface area contributed by atoms with E-state index in [2.05, 4.69) is 15.0 Å². The third kappa shape index (κ3) is 4.54. The molecule has 2 aromatic carbocycles. The van der Waals surface area contributed by atoms with Crippen molar-refractivity contribution < 1.29 is 17.9 Å². The Bertz CT molecular complexity index is 1190. The second-order valence-electron chi connectivity index (χ2n) is 7.40. The van der Waals surface area contributed by atoms with E-state index in [0.717, 1.165) is 0 Å². The average molecular weight is 428 g/mol. The number of aromatic nitrogens is 1. The molecule has 0 aliphatic rings. The third-order valence-electron chi connectivity index (χ3n) is 4.63. The predicted octanol–water partition coefficient (Wildman–Crippen LogP) is 3.74. The topological polar surface area (TPSA) is 97.4 Å². The van der Waals surface area contributed by atoms with Gasteiger partial charge in [-0.25, -0.2) is 8.42 Å². The van der Waals surface area contributed by atoms with Crippen molar-refractivity contribution in [3.8, 4) is 5.75 Å². The minimum absolute atomic E-state index is 0.00987. The molecule has 0 unspecified atom stereocenters. The lowest BCUT2D eigenvalue weighted by Gasteiger charge is -2.14. The second kappa shape index (κ2) is 8.71. The first kappa shape index (κ1) is 21.6. The highest BCUT2D eigenvalue weighted by Crippen LogP contribution is 2.31. The Hall–Kier alpha value is -3.13. The van der Waals surface area contributed by atoms with Gasteiger partial charge in [-0.2, -0.15) is 0 Å². The molecule has 0 aliphatic heterocycles. The van der Waals surface area contributed by atoms with E-state index in [0.29, 0.717) is 45.9 Å². The van der Waals surface area contributed by atoms with Crippen molar-refractivity contribution in [1.29, 1.82) is 0 Å². The van der Waals surface area contributed by atoms with Crippen LogP contribution in [0.2, 0.25) is 0 Å². The number of carbonyl (C=O) groups is 1. The molecule has 158 valence electrons. The van der Waals surface area contributed by atoms with Gasteiger partial charge in [0.05, 0.1) is 17.7 Å². The molecule has 0 bridgehead atoms. The zero-order chi connectivity index (χ0) is 21.9. The summed E-state index contributed by atoms with van der Waals surface area (Å²) in [5.41, 5.74) is 1.97. The number of fused-ring (bicyclic) bond motifs is 1. The van der Waals surface area contributed by atoms with Gasteiger partial charge >= 0.3 is 0 Å². The fourth-order valence-corrected chi connectivity index (χ4v) is 4.11. The number of anilines is 1. The van der Waals surface area contributed by atoms with E-state index < -0.39 is 10.0 Å². The Kier molecular flexibility index (Phi) is 6.26. The molecular formula is C22H25N3O4S. The summed E-state index contributed by atoms with van der Waals surface area (Å²) >= 11 is 0. The molecule has 7 nitrogen and oxygen atoms in total. The van der Waals surface area contributed by atoms with Gasteiger partial charge in [0.2, 0.25) is 0 Å². The van der Waals surface area contributed by atoms with Gasteiger partial charge in [-0.15, -0.1) is 0 Å². The fourth-order valence-electron chi connectivity index (χ4n) is 3.01. The molecule has 0 spiro atoms. The summed E-state index contributed by atoms with van der Waals surface area (Å²) in [6, 6.07) is 11.3. The second-order valence-corrected chi connectivity index (χ2v) is 9.08. The van der Waals surface area contributed by atoms with Gasteiger partial charge in [-0.3, -0.25) is 14.5 Å². The number of hydrogen-bond acceptors (Lipinski definition) is 5.